The maximum atomic E-state index is 13.7. The fourth-order valence-electron chi connectivity index (χ4n) is 4.41. The van der Waals surface area contributed by atoms with Gasteiger partial charge in [0.2, 0.25) is 10.0 Å². The van der Waals surface area contributed by atoms with Crippen molar-refractivity contribution in [2.75, 3.05) is 0 Å². The van der Waals surface area contributed by atoms with E-state index in [1.807, 2.05) is 25.1 Å². The molecule has 3 amide bonds. The lowest BCUT2D eigenvalue weighted by Crippen LogP contribution is -2.52. The zero-order valence-electron chi connectivity index (χ0n) is 19.6. The second-order valence-corrected chi connectivity index (χ2v) is 12.6. The third kappa shape index (κ3) is 4.06. The number of sulfonamides is 1. The lowest BCUT2D eigenvalue weighted by atomic mass is 10.1. The highest BCUT2D eigenvalue weighted by Crippen LogP contribution is 2.42. The van der Waals surface area contributed by atoms with Crippen LogP contribution in [0.3, 0.4) is 0 Å². The molecule has 0 bridgehead atoms. The number of imide groups is 1. The number of urea groups is 1. The average Bonchev–Trinajstić information content (AvgIpc) is 3.25. The number of hydrogen-bond donors (Lipinski definition) is 2. The summed E-state index contributed by atoms with van der Waals surface area (Å²) in [5.41, 5.74) is 1.89. The van der Waals surface area contributed by atoms with Crippen molar-refractivity contribution in [3.8, 4) is 0 Å². The third-order valence-corrected chi connectivity index (χ3v) is 9.98. The zero-order valence-corrected chi connectivity index (χ0v) is 21.3. The van der Waals surface area contributed by atoms with Crippen LogP contribution in [0.5, 0.6) is 0 Å². The summed E-state index contributed by atoms with van der Waals surface area (Å²) in [6, 6.07) is 5.19. The number of aromatic nitrogens is 4. The Morgan fingerprint density at radius 1 is 1.25 bits per heavy atom. The van der Waals surface area contributed by atoms with Crippen LogP contribution < -0.4 is 4.72 Å². The van der Waals surface area contributed by atoms with Crippen LogP contribution in [0.15, 0.2) is 47.1 Å². The Kier molecular flexibility index (Phi) is 5.21. The summed E-state index contributed by atoms with van der Waals surface area (Å²) >= 11 is 0.971. The standard InChI is InChI=1S/C23H24N7O4S2/c1-23(5-6-23)27-36(33,34)19-8-17-20(31)29(13-15-9-25-28(2)11-15)22(32)30(21(17)35-19)12-14-3-4-16-10-24-26-18(16)7-14/h3-4,7-11,17,27H,5-6,12-13H2,1-2H3,(H,24,26)/q+1. The number of H-pyrrole nitrogens is 1. The van der Waals surface area contributed by atoms with E-state index >= 15 is 0 Å². The van der Waals surface area contributed by atoms with Gasteiger partial charge < -0.3 is 0 Å². The van der Waals surface area contributed by atoms with Gasteiger partial charge in [0.1, 0.15) is 23.2 Å². The topological polar surface area (TPSA) is 133 Å². The molecule has 11 nitrogen and oxygen atoms in total. The molecule has 1 aliphatic carbocycles. The van der Waals surface area contributed by atoms with Crippen LogP contribution in [0.2, 0.25) is 0 Å². The van der Waals surface area contributed by atoms with E-state index in [1.165, 1.54) is 15.6 Å². The monoisotopic (exact) mass is 526 g/mol. The largest absolute Gasteiger partial charge is 0.501 e. The smallest absolute Gasteiger partial charge is 0.278 e. The second kappa shape index (κ2) is 8.11. The van der Waals surface area contributed by atoms with Gasteiger partial charge in [-0.1, -0.05) is 12.1 Å². The number of aryl methyl sites for hydroxylation is 1. The summed E-state index contributed by atoms with van der Waals surface area (Å²) in [7, 11) is -2.07. The first-order valence-corrected chi connectivity index (χ1v) is 13.7. The highest BCUT2D eigenvalue weighted by atomic mass is 32.3. The van der Waals surface area contributed by atoms with Gasteiger partial charge in [0.15, 0.2) is 5.04 Å². The van der Waals surface area contributed by atoms with E-state index in [2.05, 4.69) is 20.0 Å². The van der Waals surface area contributed by atoms with Gasteiger partial charge in [0, 0.05) is 29.7 Å². The molecule has 2 N–H and O–H groups in total. The van der Waals surface area contributed by atoms with Gasteiger partial charge in [-0.3, -0.25) is 9.78 Å². The van der Waals surface area contributed by atoms with Crippen molar-refractivity contribution in [3.63, 3.8) is 0 Å². The lowest BCUT2D eigenvalue weighted by molar-refractivity contribution is -0.454. The molecule has 36 heavy (non-hydrogen) atoms. The van der Waals surface area contributed by atoms with Crippen LogP contribution in [0.25, 0.3) is 10.9 Å². The van der Waals surface area contributed by atoms with E-state index in [0.717, 1.165) is 41.1 Å². The fraction of sp³-hybridized carbons (Fsp3) is 0.348. The number of benzene rings is 1. The molecule has 1 fully saturated rings. The molecule has 1 unspecified atom stereocenters. The zero-order chi connectivity index (χ0) is 25.2. The first-order valence-electron chi connectivity index (χ1n) is 11.4. The summed E-state index contributed by atoms with van der Waals surface area (Å²) in [4.78, 5) is 28.3. The molecule has 0 saturated heterocycles. The molecule has 1 aromatic carbocycles. The molecule has 3 aromatic rings. The number of hydrogen-bond acceptors (Lipinski definition) is 7. The van der Waals surface area contributed by atoms with Crippen molar-refractivity contribution in [2.45, 2.75) is 38.4 Å². The molecule has 6 rings (SSSR count). The number of aromatic amines is 1. The van der Waals surface area contributed by atoms with E-state index in [0.29, 0.717) is 10.6 Å². The fourth-order valence-corrected chi connectivity index (χ4v) is 7.46. The second-order valence-electron chi connectivity index (χ2n) is 9.68. The molecule has 1 saturated carbocycles. The van der Waals surface area contributed by atoms with Gasteiger partial charge in [-0.25, -0.2) is 17.9 Å². The average molecular weight is 527 g/mol. The minimum atomic E-state index is -3.83. The van der Waals surface area contributed by atoms with Crippen molar-refractivity contribution < 1.29 is 22.6 Å². The molecule has 1 atom stereocenters. The van der Waals surface area contributed by atoms with E-state index < -0.39 is 33.4 Å². The number of carbonyl (C=O) groups is 2. The predicted molar refractivity (Wildman–Crippen MR) is 133 cm³/mol. The van der Waals surface area contributed by atoms with E-state index in [4.69, 9.17) is 0 Å². The van der Waals surface area contributed by atoms with Gasteiger partial charge in [-0.05, 0) is 49.2 Å². The molecule has 2 aliphatic heterocycles. The SMILES string of the molecule is Cn1cc(CN2C(=O)C3C=C(S(=O)(=O)NC4(C)CC4)SC3=[N+](Cc3ccc4cn[nH]c4c3)C2=O)cn1. The van der Waals surface area contributed by atoms with Gasteiger partial charge in [-0.2, -0.15) is 24.5 Å². The van der Waals surface area contributed by atoms with Crippen LogP contribution in [0, 0.1) is 5.92 Å². The lowest BCUT2D eigenvalue weighted by Gasteiger charge is -2.23. The number of fused-ring (bicyclic) bond motifs is 2. The summed E-state index contributed by atoms with van der Waals surface area (Å²) in [6.45, 7) is 2.07. The Hall–Kier alpha value is -3.29. The van der Waals surface area contributed by atoms with Crippen molar-refractivity contribution >= 4 is 49.7 Å². The molecular formula is C23H24N7O4S2+. The van der Waals surface area contributed by atoms with Crippen LogP contribution >= 0.6 is 11.8 Å². The molecular weight excluding hydrogens is 502 g/mol. The van der Waals surface area contributed by atoms with Crippen molar-refractivity contribution in [1.29, 1.82) is 0 Å². The number of nitrogens with one attached hydrogen (secondary N) is 2. The summed E-state index contributed by atoms with van der Waals surface area (Å²) < 4.78 is 32.1. The Morgan fingerprint density at radius 3 is 2.78 bits per heavy atom. The Morgan fingerprint density at radius 2 is 2.06 bits per heavy atom. The molecule has 186 valence electrons. The molecule has 2 aromatic heterocycles. The first kappa shape index (κ1) is 23.1. The quantitative estimate of drug-likeness (QED) is 0.450. The molecule has 3 aliphatic rings. The number of rotatable bonds is 7. The van der Waals surface area contributed by atoms with E-state index in [1.54, 1.807) is 30.3 Å². The van der Waals surface area contributed by atoms with Crippen molar-refractivity contribution in [1.82, 2.24) is 29.6 Å². The number of nitrogens with zero attached hydrogens (tertiary/aromatic N) is 5. The number of thioether (sulfide) groups is 1. The van der Waals surface area contributed by atoms with Crippen molar-refractivity contribution in [3.05, 3.63) is 58.2 Å². The minimum Gasteiger partial charge on any atom is -0.278 e. The number of carbonyl (C=O) groups excluding carboxylic acids is 2. The third-order valence-electron chi connectivity index (χ3n) is 6.63. The van der Waals surface area contributed by atoms with E-state index in [-0.39, 0.29) is 17.3 Å². The Balaban J connectivity index is 1.39. The van der Waals surface area contributed by atoms with Crippen LogP contribution in [0.1, 0.15) is 30.9 Å². The maximum Gasteiger partial charge on any atom is 0.501 e. The van der Waals surface area contributed by atoms with Gasteiger partial charge in [0.25, 0.3) is 0 Å². The normalized spacial score (nSPS) is 21.3. The van der Waals surface area contributed by atoms with Gasteiger partial charge in [-0.15, -0.1) is 0 Å². The molecule has 0 spiro atoms. The molecule has 0 radical (unpaired) electrons. The Labute approximate surface area is 211 Å². The highest BCUT2D eigenvalue weighted by molar-refractivity contribution is 8.27. The number of amides is 3. The highest BCUT2D eigenvalue weighted by Gasteiger charge is 2.53. The van der Waals surface area contributed by atoms with Crippen LogP contribution in [0.4, 0.5) is 4.79 Å². The van der Waals surface area contributed by atoms with E-state index in [9.17, 15) is 18.0 Å². The summed E-state index contributed by atoms with van der Waals surface area (Å²) in [5, 5.41) is 12.4. The van der Waals surface area contributed by atoms with Gasteiger partial charge in [0.05, 0.1) is 17.9 Å². The van der Waals surface area contributed by atoms with Crippen LogP contribution in [-0.4, -0.2) is 60.4 Å². The Bertz CT molecular complexity index is 1600. The van der Waals surface area contributed by atoms with Gasteiger partial charge >= 0.3 is 11.9 Å². The minimum absolute atomic E-state index is 0.0439. The van der Waals surface area contributed by atoms with Crippen molar-refractivity contribution in [2.24, 2.45) is 13.0 Å². The summed E-state index contributed by atoms with van der Waals surface area (Å²) in [6.07, 6.45) is 8.05. The molecule has 4 heterocycles. The predicted octanol–water partition coefficient (Wildman–Crippen LogP) is 2.05. The van der Waals surface area contributed by atoms with Crippen LogP contribution in [-0.2, 0) is 35.0 Å². The molecule has 13 heteroatoms. The first-order chi connectivity index (χ1) is 17.1. The maximum absolute atomic E-state index is 13.7. The summed E-state index contributed by atoms with van der Waals surface area (Å²) in [5.74, 6) is -1.31.